The summed E-state index contributed by atoms with van der Waals surface area (Å²) in [5, 5.41) is 23.8. The van der Waals surface area contributed by atoms with Crippen molar-refractivity contribution < 1.29 is 9.53 Å². The molecule has 9 rings (SSSR count). The minimum absolute atomic E-state index is 0.0865. The van der Waals surface area contributed by atoms with Crippen LogP contribution in [0.25, 0.3) is 53.9 Å². The minimum atomic E-state index is -0.0865. The van der Waals surface area contributed by atoms with Crippen LogP contribution in [0, 0.1) is 0 Å². The van der Waals surface area contributed by atoms with E-state index in [-0.39, 0.29) is 5.91 Å². The molecule has 4 heterocycles. The van der Waals surface area contributed by atoms with Crippen LogP contribution in [0.5, 0.6) is 5.88 Å². The largest absolute Gasteiger partial charge is 0.481 e. The highest BCUT2D eigenvalue weighted by Crippen LogP contribution is 2.36. The molecule has 0 saturated carbocycles. The van der Waals surface area contributed by atoms with Crippen molar-refractivity contribution in [3.8, 4) is 38.8 Å². The van der Waals surface area contributed by atoms with E-state index in [1.807, 2.05) is 58.2 Å². The molecular formula is C52H53N11O2S. The van der Waals surface area contributed by atoms with Crippen molar-refractivity contribution in [2.24, 2.45) is 4.99 Å². The molecule has 1 amide bonds. The minimum Gasteiger partial charge on any atom is -0.481 e. The Hall–Kier alpha value is -7.32. The Bertz CT molecular complexity index is 3100. The zero-order valence-electron chi connectivity index (χ0n) is 37.6. The van der Waals surface area contributed by atoms with E-state index in [1.54, 1.807) is 24.6 Å². The molecule has 334 valence electrons. The number of aryl methyl sites for hydroxylation is 2. The predicted molar refractivity (Wildman–Crippen MR) is 264 cm³/mol. The highest BCUT2D eigenvalue weighted by molar-refractivity contribution is 7.21. The molecular weight excluding hydrogens is 843 g/mol. The third-order valence-corrected chi connectivity index (χ3v) is 12.9. The molecule has 1 N–H and O–H groups in total. The zero-order chi connectivity index (χ0) is 45.2. The van der Waals surface area contributed by atoms with Crippen molar-refractivity contribution in [3.63, 3.8) is 0 Å². The molecule has 2 aliphatic rings. The molecule has 0 radical (unpaired) electrons. The predicted octanol–water partition coefficient (Wildman–Crippen LogP) is 10.1. The van der Waals surface area contributed by atoms with Crippen LogP contribution in [-0.2, 0) is 24.3 Å². The molecule has 0 saturated heterocycles. The lowest BCUT2D eigenvalue weighted by Crippen LogP contribution is -2.21. The number of fused-ring (bicyclic) bond motifs is 4. The van der Waals surface area contributed by atoms with Gasteiger partial charge < -0.3 is 15.0 Å². The molecule has 0 spiro atoms. The van der Waals surface area contributed by atoms with Gasteiger partial charge in [-0.1, -0.05) is 83.9 Å². The summed E-state index contributed by atoms with van der Waals surface area (Å²) in [6.07, 6.45) is 10.6. The van der Waals surface area contributed by atoms with Gasteiger partial charge in [0.1, 0.15) is 5.69 Å². The van der Waals surface area contributed by atoms with Crippen molar-refractivity contribution in [1.82, 2.24) is 40.0 Å². The molecule has 66 heavy (non-hydrogen) atoms. The van der Waals surface area contributed by atoms with Gasteiger partial charge in [-0.25, -0.2) is 14.6 Å². The Labute approximate surface area is 388 Å². The van der Waals surface area contributed by atoms with Crippen molar-refractivity contribution in [3.05, 3.63) is 144 Å². The summed E-state index contributed by atoms with van der Waals surface area (Å²) < 4.78 is 10.1. The monoisotopic (exact) mass is 895 g/mol. The molecule has 14 heteroatoms. The number of rotatable bonds is 19. The van der Waals surface area contributed by atoms with E-state index in [2.05, 4.69) is 122 Å². The van der Waals surface area contributed by atoms with Crippen LogP contribution < -0.4 is 20.3 Å². The Balaban J connectivity index is 0.718. The van der Waals surface area contributed by atoms with E-state index in [0.29, 0.717) is 31.0 Å². The number of pyridine rings is 1. The van der Waals surface area contributed by atoms with E-state index in [9.17, 15) is 4.79 Å². The van der Waals surface area contributed by atoms with Gasteiger partial charge in [0, 0.05) is 90.8 Å². The first-order valence-corrected chi connectivity index (χ1v) is 23.5. The number of benzene rings is 5. The fourth-order valence-corrected chi connectivity index (χ4v) is 9.29. The van der Waals surface area contributed by atoms with E-state index >= 15 is 0 Å². The summed E-state index contributed by atoms with van der Waals surface area (Å²) in [6, 6.07) is 37.1. The summed E-state index contributed by atoms with van der Waals surface area (Å²) in [7, 11) is 1.61. The number of aromatic nitrogens is 8. The fourth-order valence-electron chi connectivity index (χ4n) is 8.23. The Morgan fingerprint density at radius 3 is 2.42 bits per heavy atom. The van der Waals surface area contributed by atoms with Crippen LogP contribution >= 0.6 is 11.3 Å². The summed E-state index contributed by atoms with van der Waals surface area (Å²) in [5.41, 5.74) is 9.60. The highest BCUT2D eigenvalue weighted by Gasteiger charge is 2.15. The fraction of sp³-hybridized carbons (Fsp3) is 0.269. The van der Waals surface area contributed by atoms with Crippen LogP contribution in [0.3, 0.4) is 0 Å². The maximum Gasteiger partial charge on any atom is 0.224 e. The van der Waals surface area contributed by atoms with Crippen LogP contribution in [0.2, 0.25) is 0 Å². The first kappa shape index (κ1) is 43.9. The highest BCUT2D eigenvalue weighted by atomic mass is 32.1. The van der Waals surface area contributed by atoms with Crippen LogP contribution in [0.15, 0.2) is 133 Å². The average Bonchev–Trinajstić information content (AvgIpc) is 4.03. The van der Waals surface area contributed by atoms with Crippen molar-refractivity contribution in [2.45, 2.75) is 65.5 Å². The summed E-state index contributed by atoms with van der Waals surface area (Å²) in [4.78, 5) is 31.0. The standard InChI is InChI=1S/C52H53N11O2S/c1-4-61(5-2)42-23-24-45-48(30-42)66-49-31-46(43-15-8-9-16-44(43)52(49)56-45)53-27-10-6-7-11-28-62-34-41(57-59-62)22-25-50(64)55-40-14-12-13-38(29-40)47-35-63(60-58-47)33-36-17-19-37(20-18-36)39-21-26-51(65-3)54-32-39/h8-9,12-21,23-24,26,29-32,34-35H,4-7,10-11,22,25,27-28,33H2,1-3H3,(H,55,64). The molecule has 4 aromatic carbocycles. The number of carbonyl (C=O) groups is 1. The first-order valence-electron chi connectivity index (χ1n) is 22.7. The molecule has 7 aromatic rings. The third-order valence-electron chi connectivity index (χ3n) is 11.8. The number of hydrogen-bond donors (Lipinski definition) is 1. The van der Waals surface area contributed by atoms with Gasteiger partial charge in [0.2, 0.25) is 11.8 Å². The molecule has 0 unspecified atom stereocenters. The third kappa shape index (κ3) is 10.4. The summed E-state index contributed by atoms with van der Waals surface area (Å²) in [6.45, 7) is 8.48. The van der Waals surface area contributed by atoms with Gasteiger partial charge in [0.25, 0.3) is 0 Å². The smallest absolute Gasteiger partial charge is 0.224 e. The van der Waals surface area contributed by atoms with Gasteiger partial charge in [-0.05, 0) is 80.3 Å². The lowest BCUT2D eigenvalue weighted by atomic mass is 10.1. The van der Waals surface area contributed by atoms with Gasteiger partial charge in [-0.2, -0.15) is 0 Å². The van der Waals surface area contributed by atoms with Crippen molar-refractivity contribution >= 4 is 49.6 Å². The van der Waals surface area contributed by atoms with Crippen LogP contribution in [-0.4, -0.2) is 72.6 Å². The molecule has 13 nitrogen and oxygen atoms in total. The number of methoxy groups -OCH3 is 1. The Morgan fingerprint density at radius 2 is 1.61 bits per heavy atom. The second-order valence-electron chi connectivity index (χ2n) is 16.3. The first-order chi connectivity index (χ1) is 32.4. The van der Waals surface area contributed by atoms with E-state index in [0.717, 1.165) is 118 Å². The number of nitrogens with one attached hydrogen (secondary N) is 1. The summed E-state index contributed by atoms with van der Waals surface area (Å²) >= 11 is 1.80. The quantitative estimate of drug-likeness (QED) is 0.0477. The van der Waals surface area contributed by atoms with Gasteiger partial charge in [0.15, 0.2) is 0 Å². The van der Waals surface area contributed by atoms with Crippen LogP contribution in [0.1, 0.15) is 57.2 Å². The van der Waals surface area contributed by atoms with Gasteiger partial charge in [-0.15, -0.1) is 21.5 Å². The number of nitrogens with zero attached hydrogens (tertiary/aromatic N) is 10. The topological polar surface area (TPSA) is 141 Å². The molecule has 3 aromatic heterocycles. The second-order valence-corrected chi connectivity index (χ2v) is 17.4. The van der Waals surface area contributed by atoms with E-state index < -0.39 is 0 Å². The van der Waals surface area contributed by atoms with E-state index in [1.165, 1.54) is 10.4 Å². The maximum atomic E-state index is 13.0. The number of hydrogen-bond acceptors (Lipinski definition) is 11. The van der Waals surface area contributed by atoms with Gasteiger partial charge >= 0.3 is 0 Å². The van der Waals surface area contributed by atoms with Gasteiger partial charge in [-0.3, -0.25) is 14.5 Å². The lowest BCUT2D eigenvalue weighted by Gasteiger charge is -2.21. The van der Waals surface area contributed by atoms with Crippen molar-refractivity contribution in [2.75, 3.05) is 37.0 Å². The number of ether oxygens (including phenoxy) is 1. The normalized spacial score (nSPS) is 11.8. The van der Waals surface area contributed by atoms with Crippen LogP contribution in [0.4, 0.5) is 11.4 Å². The van der Waals surface area contributed by atoms with E-state index in [4.69, 9.17) is 14.7 Å². The molecule has 0 fully saturated rings. The second kappa shape index (κ2) is 20.7. The molecule has 0 atom stereocenters. The number of carbonyl (C=O) groups excluding carboxylic acids is 1. The molecule has 0 bridgehead atoms. The summed E-state index contributed by atoms with van der Waals surface area (Å²) in [5.74, 6) is 0.501. The van der Waals surface area contributed by atoms with Gasteiger partial charge in [0.05, 0.1) is 51.7 Å². The zero-order valence-corrected chi connectivity index (χ0v) is 38.4. The lowest BCUT2D eigenvalue weighted by molar-refractivity contribution is -0.116. The average molecular weight is 896 g/mol. The number of amides is 1. The number of anilines is 2. The molecule has 1 aliphatic carbocycles. The SMILES string of the molecule is CCN(CC)c1ccc2nc3c4ccccc4c(=NCCCCCCn4cc(CCC(=O)Nc5cccc(-c6cn(Cc7ccc(-c8ccc(OC)nc8)cc7)nn6)c5)nn4)cc-3sc2c1. The Morgan fingerprint density at radius 1 is 0.788 bits per heavy atom. The van der Waals surface area contributed by atoms with Crippen molar-refractivity contribution in [1.29, 1.82) is 0 Å². The number of unbranched alkanes of at least 4 members (excludes halogenated alkanes) is 3. The molecule has 1 aliphatic heterocycles. The Kier molecular flexibility index (Phi) is 13.8. The maximum absolute atomic E-state index is 13.0.